The monoisotopic (exact) mass is 289 g/mol. The fourth-order valence-electron chi connectivity index (χ4n) is 2.17. The van der Waals surface area contributed by atoms with E-state index in [1.54, 1.807) is 12.1 Å². The first-order valence-electron chi connectivity index (χ1n) is 6.46. The number of nitro benzene ring substituents is 1. The molecule has 1 aliphatic carbocycles. The zero-order chi connectivity index (χ0) is 14.2. The SMILES string of the molecule is CSC1(CNc2ccc3cc([N+](=O)[O-])ccc3n2)CC1. The highest BCUT2D eigenvalue weighted by Crippen LogP contribution is 2.46. The van der Waals surface area contributed by atoms with E-state index in [0.717, 1.165) is 23.3 Å². The molecule has 0 atom stereocenters. The third-order valence-electron chi connectivity index (χ3n) is 3.72. The van der Waals surface area contributed by atoms with Crippen molar-refractivity contribution in [2.45, 2.75) is 17.6 Å². The summed E-state index contributed by atoms with van der Waals surface area (Å²) in [6.07, 6.45) is 4.64. The summed E-state index contributed by atoms with van der Waals surface area (Å²) in [6.45, 7) is 0.916. The second-order valence-corrected chi connectivity index (χ2v) is 6.35. The van der Waals surface area contributed by atoms with E-state index < -0.39 is 0 Å². The molecule has 1 fully saturated rings. The van der Waals surface area contributed by atoms with Gasteiger partial charge in [-0.15, -0.1) is 0 Å². The minimum absolute atomic E-state index is 0.0966. The van der Waals surface area contributed by atoms with Gasteiger partial charge in [-0.2, -0.15) is 11.8 Å². The van der Waals surface area contributed by atoms with Gasteiger partial charge in [-0.05, 0) is 37.3 Å². The number of nitrogens with one attached hydrogen (secondary N) is 1. The van der Waals surface area contributed by atoms with Crippen LogP contribution in [0.5, 0.6) is 0 Å². The van der Waals surface area contributed by atoms with Crippen molar-refractivity contribution in [3.63, 3.8) is 0 Å². The van der Waals surface area contributed by atoms with Gasteiger partial charge in [-0.25, -0.2) is 4.98 Å². The number of hydrogen-bond donors (Lipinski definition) is 1. The molecule has 2 aromatic rings. The molecule has 1 aliphatic rings. The van der Waals surface area contributed by atoms with Gasteiger partial charge in [0.25, 0.3) is 5.69 Å². The van der Waals surface area contributed by atoms with E-state index in [9.17, 15) is 10.1 Å². The Morgan fingerprint density at radius 3 is 2.85 bits per heavy atom. The normalized spacial score (nSPS) is 16.1. The van der Waals surface area contributed by atoms with Crippen molar-refractivity contribution in [3.05, 3.63) is 40.4 Å². The Morgan fingerprint density at radius 1 is 1.40 bits per heavy atom. The van der Waals surface area contributed by atoms with Crippen molar-refractivity contribution in [2.24, 2.45) is 0 Å². The van der Waals surface area contributed by atoms with E-state index in [0.29, 0.717) is 4.75 Å². The van der Waals surface area contributed by atoms with Crippen LogP contribution in [0.4, 0.5) is 11.5 Å². The van der Waals surface area contributed by atoms with Gasteiger partial charge in [0.1, 0.15) is 5.82 Å². The molecular weight excluding hydrogens is 274 g/mol. The molecule has 0 spiro atoms. The van der Waals surface area contributed by atoms with Gasteiger partial charge in [0, 0.05) is 28.8 Å². The van der Waals surface area contributed by atoms with Crippen molar-refractivity contribution in [1.82, 2.24) is 4.98 Å². The highest BCUT2D eigenvalue weighted by atomic mass is 32.2. The Morgan fingerprint density at radius 2 is 2.20 bits per heavy atom. The second-order valence-electron chi connectivity index (χ2n) is 5.07. The third kappa shape index (κ3) is 2.56. The van der Waals surface area contributed by atoms with Gasteiger partial charge >= 0.3 is 0 Å². The van der Waals surface area contributed by atoms with Crippen LogP contribution in [0.15, 0.2) is 30.3 Å². The van der Waals surface area contributed by atoms with Crippen molar-refractivity contribution >= 4 is 34.2 Å². The van der Waals surface area contributed by atoms with Crippen LogP contribution in [-0.2, 0) is 0 Å². The first-order valence-corrected chi connectivity index (χ1v) is 7.69. The zero-order valence-electron chi connectivity index (χ0n) is 11.1. The molecular formula is C14H15N3O2S. The lowest BCUT2D eigenvalue weighted by Crippen LogP contribution is -2.17. The number of nitro groups is 1. The van der Waals surface area contributed by atoms with Gasteiger partial charge < -0.3 is 5.32 Å². The van der Waals surface area contributed by atoms with E-state index in [-0.39, 0.29) is 10.6 Å². The van der Waals surface area contributed by atoms with E-state index in [4.69, 9.17) is 0 Å². The van der Waals surface area contributed by atoms with Gasteiger partial charge in [0.05, 0.1) is 10.4 Å². The van der Waals surface area contributed by atoms with Crippen LogP contribution in [0, 0.1) is 10.1 Å². The minimum atomic E-state index is -0.388. The van der Waals surface area contributed by atoms with E-state index >= 15 is 0 Å². The number of thioether (sulfide) groups is 1. The van der Waals surface area contributed by atoms with Crippen molar-refractivity contribution < 1.29 is 4.92 Å². The van der Waals surface area contributed by atoms with Gasteiger partial charge in [0.2, 0.25) is 0 Å². The Hall–Kier alpha value is -1.82. The van der Waals surface area contributed by atoms with E-state index in [2.05, 4.69) is 16.6 Å². The maximum absolute atomic E-state index is 10.7. The predicted octanol–water partition coefficient (Wildman–Crippen LogP) is 3.45. The summed E-state index contributed by atoms with van der Waals surface area (Å²) >= 11 is 1.90. The Balaban J connectivity index is 1.80. The number of hydrogen-bond acceptors (Lipinski definition) is 5. The van der Waals surface area contributed by atoms with Gasteiger partial charge in [0.15, 0.2) is 0 Å². The molecule has 104 valence electrons. The average Bonchev–Trinajstić information content (AvgIpc) is 3.25. The first kappa shape index (κ1) is 13.2. The molecule has 0 amide bonds. The quantitative estimate of drug-likeness (QED) is 0.674. The minimum Gasteiger partial charge on any atom is -0.369 e. The number of fused-ring (bicyclic) bond motifs is 1. The summed E-state index contributed by atoms with van der Waals surface area (Å²) in [6, 6.07) is 8.48. The third-order valence-corrected chi connectivity index (χ3v) is 5.13. The molecule has 6 heteroatoms. The smallest absolute Gasteiger partial charge is 0.270 e. The van der Waals surface area contributed by atoms with Gasteiger partial charge in [-0.3, -0.25) is 10.1 Å². The molecule has 1 heterocycles. The molecule has 3 rings (SSSR count). The van der Waals surface area contributed by atoms with Gasteiger partial charge in [-0.1, -0.05) is 0 Å². The van der Waals surface area contributed by atoms with Crippen LogP contribution >= 0.6 is 11.8 Å². The van der Waals surface area contributed by atoms with Crippen LogP contribution in [-0.4, -0.2) is 27.5 Å². The predicted molar refractivity (Wildman–Crippen MR) is 82.4 cm³/mol. The second kappa shape index (κ2) is 4.94. The molecule has 0 aliphatic heterocycles. The number of aromatic nitrogens is 1. The summed E-state index contributed by atoms with van der Waals surface area (Å²) in [5.74, 6) is 0.826. The molecule has 1 N–H and O–H groups in total. The molecule has 20 heavy (non-hydrogen) atoms. The van der Waals surface area contributed by atoms with Crippen molar-refractivity contribution in [2.75, 3.05) is 18.1 Å². The standard InChI is InChI=1S/C14H15N3O2S/c1-20-14(6-7-14)9-15-13-5-2-10-8-11(17(18)19)3-4-12(10)16-13/h2-5,8H,6-7,9H2,1H3,(H,15,16). The lowest BCUT2D eigenvalue weighted by atomic mass is 10.2. The fraction of sp³-hybridized carbons (Fsp3) is 0.357. The molecule has 1 aromatic heterocycles. The summed E-state index contributed by atoms with van der Waals surface area (Å²) < 4.78 is 0.381. The Bertz CT molecular complexity index is 671. The highest BCUT2D eigenvalue weighted by Gasteiger charge is 2.41. The van der Waals surface area contributed by atoms with Crippen LogP contribution < -0.4 is 5.32 Å². The van der Waals surface area contributed by atoms with Crippen molar-refractivity contribution in [3.8, 4) is 0 Å². The molecule has 0 radical (unpaired) electrons. The molecule has 5 nitrogen and oxygen atoms in total. The maximum atomic E-state index is 10.7. The Labute approximate surface area is 120 Å². The summed E-state index contributed by atoms with van der Waals surface area (Å²) in [5.41, 5.74) is 0.869. The number of pyridine rings is 1. The lowest BCUT2D eigenvalue weighted by Gasteiger charge is -2.13. The van der Waals surface area contributed by atoms with Crippen molar-refractivity contribution in [1.29, 1.82) is 0 Å². The number of benzene rings is 1. The highest BCUT2D eigenvalue weighted by molar-refractivity contribution is 8.00. The number of nitrogens with zero attached hydrogens (tertiary/aromatic N) is 2. The largest absolute Gasteiger partial charge is 0.369 e. The van der Waals surface area contributed by atoms with E-state index in [1.165, 1.54) is 18.9 Å². The molecule has 0 bridgehead atoms. The fourth-order valence-corrected chi connectivity index (χ4v) is 2.90. The first-order chi connectivity index (χ1) is 9.62. The number of anilines is 1. The zero-order valence-corrected chi connectivity index (χ0v) is 11.9. The topological polar surface area (TPSA) is 68.1 Å². The summed E-state index contributed by atoms with van der Waals surface area (Å²) in [7, 11) is 0. The lowest BCUT2D eigenvalue weighted by molar-refractivity contribution is -0.384. The molecule has 1 saturated carbocycles. The number of rotatable bonds is 5. The maximum Gasteiger partial charge on any atom is 0.270 e. The molecule has 1 aromatic carbocycles. The Kier molecular flexibility index (Phi) is 3.25. The van der Waals surface area contributed by atoms with Crippen LogP contribution in [0.25, 0.3) is 10.9 Å². The molecule has 0 unspecified atom stereocenters. The van der Waals surface area contributed by atoms with Crippen LogP contribution in [0.2, 0.25) is 0 Å². The van der Waals surface area contributed by atoms with Crippen LogP contribution in [0.1, 0.15) is 12.8 Å². The van der Waals surface area contributed by atoms with E-state index in [1.807, 2.05) is 23.9 Å². The summed E-state index contributed by atoms with van der Waals surface area (Å²) in [5, 5.41) is 14.9. The molecule has 0 saturated heterocycles. The summed E-state index contributed by atoms with van der Waals surface area (Å²) in [4.78, 5) is 14.8. The van der Waals surface area contributed by atoms with Crippen LogP contribution in [0.3, 0.4) is 0 Å². The number of non-ortho nitro benzene ring substituents is 1. The average molecular weight is 289 g/mol.